The van der Waals surface area contributed by atoms with Crippen LogP contribution in [0, 0.1) is 12.8 Å². The summed E-state index contributed by atoms with van der Waals surface area (Å²) < 4.78 is 0. The van der Waals surface area contributed by atoms with E-state index in [1.807, 2.05) is 0 Å². The molecule has 1 saturated heterocycles. The van der Waals surface area contributed by atoms with Crippen LogP contribution in [0.15, 0.2) is 24.3 Å². The molecule has 4 heteroatoms. The summed E-state index contributed by atoms with van der Waals surface area (Å²) in [5.74, 6) is 0.621. The zero-order valence-corrected chi connectivity index (χ0v) is 13.2. The fourth-order valence-corrected chi connectivity index (χ4v) is 3.10. The number of nitrogens with zero attached hydrogens (tertiary/aromatic N) is 1. The predicted molar refractivity (Wildman–Crippen MR) is 85.2 cm³/mol. The zero-order valence-electron chi connectivity index (χ0n) is 13.2. The molecule has 1 N–H and O–H groups in total. The number of amides is 2. The Hall–Kier alpha value is -1.84. The average Bonchev–Trinajstić information content (AvgIpc) is 3.33. The molecule has 2 aliphatic rings. The first kappa shape index (κ1) is 15.1. The number of hydrogen-bond acceptors (Lipinski definition) is 2. The minimum atomic E-state index is -0.0345. The SMILES string of the molecule is Cc1ccc(C(NC(=O)CN2CCCCC2=O)C2CC2)cc1. The number of hydrogen-bond donors (Lipinski definition) is 1. The highest BCUT2D eigenvalue weighted by atomic mass is 16.2. The molecule has 1 aromatic carbocycles. The van der Waals surface area contributed by atoms with Crippen LogP contribution in [-0.2, 0) is 9.59 Å². The second kappa shape index (κ2) is 6.51. The molecule has 0 spiro atoms. The third kappa shape index (κ3) is 3.67. The Labute approximate surface area is 131 Å². The van der Waals surface area contributed by atoms with Gasteiger partial charge in [-0.1, -0.05) is 29.8 Å². The number of carbonyl (C=O) groups is 2. The third-order valence-electron chi connectivity index (χ3n) is 4.60. The normalized spacial score (nSPS) is 19.9. The van der Waals surface area contributed by atoms with Gasteiger partial charge in [0.15, 0.2) is 0 Å². The van der Waals surface area contributed by atoms with E-state index in [4.69, 9.17) is 0 Å². The molecule has 1 aromatic rings. The van der Waals surface area contributed by atoms with Crippen molar-refractivity contribution in [2.75, 3.05) is 13.1 Å². The van der Waals surface area contributed by atoms with Gasteiger partial charge in [0.2, 0.25) is 11.8 Å². The van der Waals surface area contributed by atoms with Gasteiger partial charge >= 0.3 is 0 Å². The number of piperidine rings is 1. The highest BCUT2D eigenvalue weighted by Gasteiger charge is 2.33. The van der Waals surface area contributed by atoms with Crippen molar-refractivity contribution >= 4 is 11.8 Å². The number of rotatable bonds is 5. The molecule has 118 valence electrons. The lowest BCUT2D eigenvalue weighted by molar-refractivity contribution is -0.138. The van der Waals surface area contributed by atoms with Crippen LogP contribution in [0.3, 0.4) is 0 Å². The van der Waals surface area contributed by atoms with Crippen LogP contribution in [0.4, 0.5) is 0 Å². The summed E-state index contributed by atoms with van der Waals surface area (Å²) in [5.41, 5.74) is 2.40. The topological polar surface area (TPSA) is 49.4 Å². The van der Waals surface area contributed by atoms with Crippen LogP contribution in [0.25, 0.3) is 0 Å². The second-order valence-electron chi connectivity index (χ2n) is 6.57. The maximum Gasteiger partial charge on any atom is 0.240 e. The van der Waals surface area contributed by atoms with Crippen molar-refractivity contribution in [1.82, 2.24) is 10.2 Å². The molecule has 1 atom stereocenters. The van der Waals surface area contributed by atoms with Gasteiger partial charge in [0.1, 0.15) is 0 Å². The first-order valence-corrected chi connectivity index (χ1v) is 8.27. The molecule has 1 aliphatic heterocycles. The lowest BCUT2D eigenvalue weighted by atomic mass is 10.0. The van der Waals surface area contributed by atoms with Gasteiger partial charge in [-0.15, -0.1) is 0 Å². The Morgan fingerprint density at radius 2 is 2.00 bits per heavy atom. The fourth-order valence-electron chi connectivity index (χ4n) is 3.10. The lowest BCUT2D eigenvalue weighted by Crippen LogP contribution is -2.44. The summed E-state index contributed by atoms with van der Waals surface area (Å²) in [7, 11) is 0. The van der Waals surface area contributed by atoms with Crippen molar-refractivity contribution < 1.29 is 9.59 Å². The van der Waals surface area contributed by atoms with Crippen molar-refractivity contribution in [3.63, 3.8) is 0 Å². The molecule has 0 bridgehead atoms. The molecular weight excluding hydrogens is 276 g/mol. The van der Waals surface area contributed by atoms with Gasteiger partial charge in [-0.25, -0.2) is 0 Å². The van der Waals surface area contributed by atoms with Crippen LogP contribution >= 0.6 is 0 Å². The van der Waals surface area contributed by atoms with E-state index in [1.54, 1.807) is 4.90 Å². The van der Waals surface area contributed by atoms with E-state index in [0.29, 0.717) is 18.9 Å². The maximum atomic E-state index is 12.3. The van der Waals surface area contributed by atoms with Gasteiger partial charge in [0.05, 0.1) is 12.6 Å². The highest BCUT2D eigenvalue weighted by molar-refractivity contribution is 5.85. The Morgan fingerprint density at radius 1 is 1.27 bits per heavy atom. The molecule has 2 amide bonds. The summed E-state index contributed by atoms with van der Waals surface area (Å²) in [4.78, 5) is 25.8. The minimum Gasteiger partial charge on any atom is -0.347 e. The minimum absolute atomic E-state index is 0.0345. The van der Waals surface area contributed by atoms with Crippen molar-refractivity contribution in [3.05, 3.63) is 35.4 Å². The molecule has 0 radical (unpaired) electrons. The number of carbonyl (C=O) groups excluding carboxylic acids is 2. The highest BCUT2D eigenvalue weighted by Crippen LogP contribution is 2.41. The quantitative estimate of drug-likeness (QED) is 0.908. The molecular formula is C18H24N2O2. The first-order valence-electron chi connectivity index (χ1n) is 8.27. The van der Waals surface area contributed by atoms with Crippen molar-refractivity contribution in [2.45, 2.75) is 45.1 Å². The Bertz CT molecular complexity index is 549. The molecule has 1 aliphatic carbocycles. The predicted octanol–water partition coefficient (Wildman–Crippen LogP) is 2.57. The summed E-state index contributed by atoms with van der Waals surface area (Å²) in [5, 5.41) is 3.15. The van der Waals surface area contributed by atoms with E-state index in [0.717, 1.165) is 12.8 Å². The van der Waals surface area contributed by atoms with Crippen LogP contribution < -0.4 is 5.32 Å². The monoisotopic (exact) mass is 300 g/mol. The van der Waals surface area contributed by atoms with E-state index in [2.05, 4.69) is 36.5 Å². The van der Waals surface area contributed by atoms with Gasteiger partial charge in [0.25, 0.3) is 0 Å². The summed E-state index contributed by atoms with van der Waals surface area (Å²) >= 11 is 0. The van der Waals surface area contributed by atoms with E-state index < -0.39 is 0 Å². The maximum absolute atomic E-state index is 12.3. The van der Waals surface area contributed by atoms with Crippen LogP contribution in [-0.4, -0.2) is 29.8 Å². The van der Waals surface area contributed by atoms with Crippen LogP contribution in [0.5, 0.6) is 0 Å². The van der Waals surface area contributed by atoms with E-state index in [1.165, 1.54) is 24.0 Å². The molecule has 1 heterocycles. The van der Waals surface area contributed by atoms with E-state index in [-0.39, 0.29) is 24.4 Å². The zero-order chi connectivity index (χ0) is 15.5. The Balaban J connectivity index is 1.62. The summed E-state index contributed by atoms with van der Waals surface area (Å²) in [6.07, 6.45) is 4.87. The standard InChI is InChI=1S/C18H24N2O2/c1-13-5-7-14(8-6-13)18(15-9-10-15)19-16(21)12-20-11-3-2-4-17(20)22/h5-8,15,18H,2-4,9-12H2,1H3,(H,19,21). The molecule has 22 heavy (non-hydrogen) atoms. The third-order valence-corrected chi connectivity index (χ3v) is 4.60. The lowest BCUT2D eigenvalue weighted by Gasteiger charge is -2.27. The van der Waals surface area contributed by atoms with E-state index in [9.17, 15) is 9.59 Å². The van der Waals surface area contributed by atoms with Crippen molar-refractivity contribution in [2.24, 2.45) is 5.92 Å². The van der Waals surface area contributed by atoms with Gasteiger partial charge in [-0.05, 0) is 44.1 Å². The molecule has 0 aromatic heterocycles. The summed E-state index contributed by atoms with van der Waals surface area (Å²) in [6, 6.07) is 8.47. The second-order valence-corrected chi connectivity index (χ2v) is 6.57. The van der Waals surface area contributed by atoms with E-state index >= 15 is 0 Å². The number of aryl methyl sites for hydroxylation is 1. The number of likely N-dealkylation sites (tertiary alicyclic amines) is 1. The first-order chi connectivity index (χ1) is 10.6. The fraction of sp³-hybridized carbons (Fsp3) is 0.556. The molecule has 1 saturated carbocycles. The van der Waals surface area contributed by atoms with Crippen LogP contribution in [0.1, 0.15) is 49.3 Å². The van der Waals surface area contributed by atoms with Gasteiger partial charge in [0, 0.05) is 13.0 Å². The molecule has 2 fully saturated rings. The smallest absolute Gasteiger partial charge is 0.240 e. The molecule has 3 rings (SSSR count). The van der Waals surface area contributed by atoms with Crippen LogP contribution in [0.2, 0.25) is 0 Å². The number of benzene rings is 1. The average molecular weight is 300 g/mol. The Kier molecular flexibility index (Phi) is 4.46. The molecule has 4 nitrogen and oxygen atoms in total. The molecule has 1 unspecified atom stereocenters. The largest absolute Gasteiger partial charge is 0.347 e. The number of nitrogens with one attached hydrogen (secondary N) is 1. The van der Waals surface area contributed by atoms with Crippen molar-refractivity contribution in [1.29, 1.82) is 0 Å². The van der Waals surface area contributed by atoms with Gasteiger partial charge < -0.3 is 10.2 Å². The van der Waals surface area contributed by atoms with Crippen molar-refractivity contribution in [3.8, 4) is 0 Å². The Morgan fingerprint density at radius 3 is 2.64 bits per heavy atom. The van der Waals surface area contributed by atoms with Gasteiger partial charge in [-0.3, -0.25) is 9.59 Å². The summed E-state index contributed by atoms with van der Waals surface area (Å²) in [6.45, 7) is 2.98. The van der Waals surface area contributed by atoms with Gasteiger partial charge in [-0.2, -0.15) is 0 Å².